The lowest BCUT2D eigenvalue weighted by Crippen LogP contribution is -2.29. The SMILES string of the molecule is CC(C)(C#Cc1ccccc1)OC(=O)Nc1ccccc1. The molecule has 2 rings (SSSR count). The Kier molecular flexibility index (Phi) is 4.63. The summed E-state index contributed by atoms with van der Waals surface area (Å²) in [6.07, 6.45) is -0.520. The quantitative estimate of drug-likeness (QED) is 0.842. The third kappa shape index (κ3) is 5.04. The summed E-state index contributed by atoms with van der Waals surface area (Å²) in [6, 6.07) is 18.7. The summed E-state index contributed by atoms with van der Waals surface area (Å²) in [4.78, 5) is 11.8. The van der Waals surface area contributed by atoms with E-state index in [1.54, 1.807) is 26.0 Å². The molecule has 3 heteroatoms. The van der Waals surface area contributed by atoms with Crippen LogP contribution in [0.2, 0.25) is 0 Å². The number of amides is 1. The van der Waals surface area contributed by atoms with Crippen LogP contribution < -0.4 is 5.32 Å². The molecule has 0 radical (unpaired) electrons. The van der Waals surface area contributed by atoms with Crippen molar-refractivity contribution in [2.45, 2.75) is 19.4 Å². The van der Waals surface area contributed by atoms with Gasteiger partial charge in [-0.15, -0.1) is 0 Å². The van der Waals surface area contributed by atoms with Gasteiger partial charge in [-0.2, -0.15) is 0 Å². The van der Waals surface area contributed by atoms with E-state index in [0.29, 0.717) is 5.69 Å². The van der Waals surface area contributed by atoms with Gasteiger partial charge in [0, 0.05) is 11.3 Å². The van der Waals surface area contributed by atoms with Crippen LogP contribution in [0.3, 0.4) is 0 Å². The predicted molar refractivity (Wildman–Crippen MR) is 83.9 cm³/mol. The second-order valence-corrected chi connectivity index (χ2v) is 5.01. The molecule has 0 unspecified atom stereocenters. The Morgan fingerprint density at radius 3 is 2.19 bits per heavy atom. The molecule has 0 saturated heterocycles. The summed E-state index contributed by atoms with van der Waals surface area (Å²) in [5.74, 6) is 5.96. The van der Waals surface area contributed by atoms with Crippen molar-refractivity contribution in [3.63, 3.8) is 0 Å². The number of nitrogens with one attached hydrogen (secondary N) is 1. The number of hydrogen-bond donors (Lipinski definition) is 1. The van der Waals surface area contributed by atoms with Crippen LogP contribution in [0.15, 0.2) is 60.7 Å². The fourth-order valence-corrected chi connectivity index (χ4v) is 1.67. The number of ether oxygens (including phenoxy) is 1. The first-order valence-corrected chi connectivity index (χ1v) is 6.68. The fourth-order valence-electron chi connectivity index (χ4n) is 1.67. The maximum Gasteiger partial charge on any atom is 0.413 e. The lowest BCUT2D eigenvalue weighted by molar-refractivity contribution is 0.0905. The first kappa shape index (κ1) is 14.7. The summed E-state index contributed by atoms with van der Waals surface area (Å²) >= 11 is 0. The van der Waals surface area contributed by atoms with Crippen LogP contribution in [0.25, 0.3) is 0 Å². The molecule has 106 valence electrons. The number of hydrogen-bond acceptors (Lipinski definition) is 2. The van der Waals surface area contributed by atoms with E-state index >= 15 is 0 Å². The Morgan fingerprint density at radius 1 is 1.00 bits per heavy atom. The molecule has 21 heavy (non-hydrogen) atoms. The van der Waals surface area contributed by atoms with E-state index in [9.17, 15) is 4.79 Å². The monoisotopic (exact) mass is 279 g/mol. The molecule has 0 aliphatic rings. The molecule has 1 amide bonds. The summed E-state index contributed by atoms with van der Waals surface area (Å²) in [7, 11) is 0. The number of anilines is 1. The van der Waals surface area contributed by atoms with Crippen LogP contribution in [-0.4, -0.2) is 11.7 Å². The smallest absolute Gasteiger partial charge is 0.413 e. The van der Waals surface area contributed by atoms with Crippen LogP contribution in [-0.2, 0) is 4.74 Å². The molecule has 0 aliphatic carbocycles. The minimum atomic E-state index is -0.866. The van der Waals surface area contributed by atoms with Gasteiger partial charge in [0.25, 0.3) is 0 Å². The lowest BCUT2D eigenvalue weighted by atomic mass is 10.1. The molecule has 0 bridgehead atoms. The minimum Gasteiger partial charge on any atom is -0.430 e. The van der Waals surface area contributed by atoms with Crippen molar-refractivity contribution in [2.24, 2.45) is 0 Å². The van der Waals surface area contributed by atoms with Crippen LogP contribution in [0.1, 0.15) is 19.4 Å². The zero-order chi connectivity index (χ0) is 15.1. The molecule has 1 N–H and O–H groups in total. The highest BCUT2D eigenvalue weighted by atomic mass is 16.6. The van der Waals surface area contributed by atoms with Crippen molar-refractivity contribution >= 4 is 11.8 Å². The lowest BCUT2D eigenvalue weighted by Gasteiger charge is -2.19. The van der Waals surface area contributed by atoms with Crippen LogP contribution >= 0.6 is 0 Å². The summed E-state index contributed by atoms with van der Waals surface area (Å²) in [6.45, 7) is 3.51. The molecule has 0 saturated carbocycles. The Morgan fingerprint density at radius 2 is 1.57 bits per heavy atom. The maximum absolute atomic E-state index is 11.8. The van der Waals surface area contributed by atoms with Crippen molar-refractivity contribution < 1.29 is 9.53 Å². The van der Waals surface area contributed by atoms with E-state index < -0.39 is 11.7 Å². The molecule has 2 aromatic carbocycles. The van der Waals surface area contributed by atoms with Gasteiger partial charge in [0.15, 0.2) is 5.60 Å². The van der Waals surface area contributed by atoms with E-state index in [-0.39, 0.29) is 0 Å². The van der Waals surface area contributed by atoms with Gasteiger partial charge in [0.05, 0.1) is 0 Å². The molecule has 0 aliphatic heterocycles. The molecule has 0 atom stereocenters. The Balaban J connectivity index is 1.98. The second kappa shape index (κ2) is 6.62. The molecular weight excluding hydrogens is 262 g/mol. The standard InChI is InChI=1S/C18H17NO2/c1-18(2,14-13-15-9-5-3-6-10-15)21-17(20)19-16-11-7-4-8-12-16/h3-12H,1-2H3,(H,19,20). The van der Waals surface area contributed by atoms with Gasteiger partial charge < -0.3 is 4.74 Å². The third-order valence-electron chi connectivity index (χ3n) is 2.65. The molecule has 2 aromatic rings. The average molecular weight is 279 g/mol. The predicted octanol–water partition coefficient (Wildman–Crippen LogP) is 4.07. The maximum atomic E-state index is 11.8. The largest absolute Gasteiger partial charge is 0.430 e. The van der Waals surface area contributed by atoms with Crippen molar-refractivity contribution in [3.05, 3.63) is 66.2 Å². The van der Waals surface area contributed by atoms with Crippen molar-refractivity contribution in [2.75, 3.05) is 5.32 Å². The van der Waals surface area contributed by atoms with Gasteiger partial charge in [-0.05, 0) is 38.1 Å². The number of para-hydroxylation sites is 1. The van der Waals surface area contributed by atoms with Gasteiger partial charge in [-0.25, -0.2) is 4.79 Å². The Bertz CT molecular complexity index is 652. The number of carbonyl (C=O) groups is 1. The number of rotatable bonds is 2. The Hall–Kier alpha value is -2.73. The number of benzene rings is 2. The average Bonchev–Trinajstić information content (AvgIpc) is 2.47. The topological polar surface area (TPSA) is 38.3 Å². The van der Waals surface area contributed by atoms with E-state index in [1.165, 1.54) is 0 Å². The molecule has 0 heterocycles. The normalized spacial score (nSPS) is 10.2. The highest BCUT2D eigenvalue weighted by molar-refractivity contribution is 5.84. The summed E-state index contributed by atoms with van der Waals surface area (Å²) in [5, 5.41) is 2.67. The zero-order valence-corrected chi connectivity index (χ0v) is 12.1. The number of carbonyl (C=O) groups excluding carboxylic acids is 1. The van der Waals surface area contributed by atoms with Gasteiger partial charge >= 0.3 is 6.09 Å². The highest BCUT2D eigenvalue weighted by Gasteiger charge is 2.20. The van der Waals surface area contributed by atoms with Gasteiger partial charge in [0.2, 0.25) is 0 Å². The van der Waals surface area contributed by atoms with Crippen molar-refractivity contribution in [1.82, 2.24) is 0 Å². The van der Waals surface area contributed by atoms with Crippen molar-refractivity contribution in [3.8, 4) is 11.8 Å². The van der Waals surface area contributed by atoms with Gasteiger partial charge in [-0.1, -0.05) is 48.2 Å². The first-order valence-electron chi connectivity index (χ1n) is 6.68. The fraction of sp³-hybridized carbons (Fsp3) is 0.167. The summed E-state index contributed by atoms with van der Waals surface area (Å²) < 4.78 is 5.34. The van der Waals surface area contributed by atoms with E-state index in [0.717, 1.165) is 5.56 Å². The Labute approximate surface area is 125 Å². The van der Waals surface area contributed by atoms with Crippen LogP contribution in [0.5, 0.6) is 0 Å². The first-order chi connectivity index (χ1) is 10.1. The highest BCUT2D eigenvalue weighted by Crippen LogP contribution is 2.12. The van der Waals surface area contributed by atoms with Gasteiger partial charge in [-0.3, -0.25) is 5.32 Å². The molecule has 0 spiro atoms. The molecule has 3 nitrogen and oxygen atoms in total. The van der Waals surface area contributed by atoms with Gasteiger partial charge in [0.1, 0.15) is 0 Å². The second-order valence-electron chi connectivity index (χ2n) is 5.01. The van der Waals surface area contributed by atoms with E-state index in [2.05, 4.69) is 17.2 Å². The van der Waals surface area contributed by atoms with Crippen molar-refractivity contribution in [1.29, 1.82) is 0 Å². The van der Waals surface area contributed by atoms with E-state index in [1.807, 2.05) is 48.5 Å². The summed E-state index contributed by atoms with van der Waals surface area (Å²) in [5.41, 5.74) is 0.710. The zero-order valence-electron chi connectivity index (χ0n) is 12.1. The molecule has 0 fully saturated rings. The third-order valence-corrected chi connectivity index (χ3v) is 2.65. The van der Waals surface area contributed by atoms with Crippen LogP contribution in [0.4, 0.5) is 10.5 Å². The van der Waals surface area contributed by atoms with Crippen LogP contribution in [0, 0.1) is 11.8 Å². The van der Waals surface area contributed by atoms with E-state index in [4.69, 9.17) is 4.74 Å². The molecule has 0 aromatic heterocycles. The minimum absolute atomic E-state index is 0.520. The molecular formula is C18H17NO2.